The molecule has 1 aromatic carbocycles. The number of allylic oxidation sites excluding steroid dienone is 1. The summed E-state index contributed by atoms with van der Waals surface area (Å²) in [5, 5.41) is 0.424. The second kappa shape index (κ2) is 9.27. The number of hydrogen-bond acceptors (Lipinski definition) is 4. The topological polar surface area (TPSA) is 47.9 Å². The van der Waals surface area contributed by atoms with E-state index in [9.17, 15) is 18.0 Å². The number of para-hydroxylation sites is 1. The summed E-state index contributed by atoms with van der Waals surface area (Å²) in [4.78, 5) is 17.0. The molecule has 0 radical (unpaired) electrons. The lowest BCUT2D eigenvalue weighted by atomic mass is 10.1. The van der Waals surface area contributed by atoms with E-state index in [1.165, 1.54) is 6.21 Å². The van der Waals surface area contributed by atoms with E-state index >= 15 is 0 Å². The van der Waals surface area contributed by atoms with Crippen LogP contribution in [-0.2, 0) is 9.53 Å². The van der Waals surface area contributed by atoms with Crippen molar-refractivity contribution < 1.29 is 27.4 Å². The number of alkyl halides is 3. The number of carbonyl (C=O) groups is 1. The van der Waals surface area contributed by atoms with Crippen molar-refractivity contribution in [2.75, 3.05) is 6.61 Å². The Morgan fingerprint density at radius 1 is 1.36 bits per heavy atom. The first-order valence-electron chi connectivity index (χ1n) is 8.65. The molecule has 1 aromatic rings. The Morgan fingerprint density at radius 3 is 2.61 bits per heavy atom. The number of aliphatic imine (C=N–C) groups is 1. The van der Waals surface area contributed by atoms with Crippen molar-refractivity contribution in [1.82, 2.24) is 0 Å². The summed E-state index contributed by atoms with van der Waals surface area (Å²) >= 11 is 6.09. The summed E-state index contributed by atoms with van der Waals surface area (Å²) in [5.74, 6) is 0.530. The third-order valence-electron chi connectivity index (χ3n) is 4.04. The van der Waals surface area contributed by atoms with Gasteiger partial charge in [-0.15, -0.1) is 0 Å². The highest BCUT2D eigenvalue weighted by Crippen LogP contribution is 2.35. The van der Waals surface area contributed by atoms with Crippen LogP contribution in [0.1, 0.15) is 27.2 Å². The summed E-state index contributed by atoms with van der Waals surface area (Å²) in [6.07, 6.45) is -1.12. The van der Waals surface area contributed by atoms with Crippen LogP contribution in [-0.4, -0.2) is 41.8 Å². The number of halogens is 4. The molecule has 154 valence electrons. The molecule has 1 heterocycles. The molecule has 0 fully saturated rings. The number of rotatable bonds is 8. The SMILES string of the molecule is CC(PC(=O)C(C)(C)Oc1ccccc1Cl)C1CC=C(OCC(F)(F)F)C=N1. The van der Waals surface area contributed by atoms with Gasteiger partial charge in [-0.25, -0.2) is 0 Å². The van der Waals surface area contributed by atoms with Gasteiger partial charge in [0.05, 0.1) is 17.3 Å². The van der Waals surface area contributed by atoms with Gasteiger partial charge in [-0.2, -0.15) is 13.2 Å². The number of benzene rings is 1. The van der Waals surface area contributed by atoms with Gasteiger partial charge in [0.15, 0.2) is 17.7 Å². The monoisotopic (exact) mass is 435 g/mol. The molecule has 0 amide bonds. The number of nitrogens with zero attached hydrogens (tertiary/aromatic N) is 1. The van der Waals surface area contributed by atoms with Gasteiger partial charge < -0.3 is 9.47 Å². The highest BCUT2D eigenvalue weighted by Gasteiger charge is 2.33. The number of ether oxygens (including phenoxy) is 2. The Morgan fingerprint density at radius 2 is 2.04 bits per heavy atom. The fraction of sp³-hybridized carbons (Fsp3) is 0.474. The molecule has 0 N–H and O–H groups in total. The first kappa shape index (κ1) is 22.7. The quantitative estimate of drug-likeness (QED) is 0.514. The molecule has 9 heteroatoms. The standard InChI is InChI=1S/C19H22ClF3NO3P/c1-12(15-9-8-13(10-24-15)26-11-19(21,22)23)28-17(25)18(2,3)27-16-7-5-4-6-14(16)20/h4-8,10,12,15,28H,9,11H2,1-3H3. The van der Waals surface area contributed by atoms with Gasteiger partial charge in [0.2, 0.25) is 0 Å². The van der Waals surface area contributed by atoms with Crippen LogP contribution in [0.5, 0.6) is 5.75 Å². The predicted octanol–water partition coefficient (Wildman–Crippen LogP) is 5.40. The summed E-state index contributed by atoms with van der Waals surface area (Å²) in [6, 6.07) is 6.73. The molecule has 3 atom stereocenters. The van der Waals surface area contributed by atoms with Crippen molar-refractivity contribution in [2.24, 2.45) is 4.99 Å². The minimum atomic E-state index is -4.39. The van der Waals surface area contributed by atoms with Crippen LogP contribution in [0, 0.1) is 0 Å². The first-order valence-corrected chi connectivity index (χ1v) is 10.1. The molecule has 0 bridgehead atoms. The van der Waals surface area contributed by atoms with Crippen molar-refractivity contribution in [3.8, 4) is 5.75 Å². The normalized spacial score (nSPS) is 18.8. The van der Waals surface area contributed by atoms with Crippen LogP contribution < -0.4 is 4.74 Å². The van der Waals surface area contributed by atoms with Crippen LogP contribution >= 0.6 is 20.2 Å². The Bertz CT molecular complexity index is 765. The molecule has 28 heavy (non-hydrogen) atoms. The van der Waals surface area contributed by atoms with Gasteiger partial charge in [-0.05, 0) is 47.1 Å². The zero-order chi connectivity index (χ0) is 20.9. The lowest BCUT2D eigenvalue weighted by Crippen LogP contribution is -2.37. The summed E-state index contributed by atoms with van der Waals surface area (Å²) in [6.45, 7) is 3.91. The Hall–Kier alpha value is -1.59. The smallest absolute Gasteiger partial charge is 0.422 e. The van der Waals surface area contributed by atoms with Crippen LogP contribution in [0.4, 0.5) is 13.2 Å². The van der Waals surface area contributed by atoms with Gasteiger partial charge in [0.25, 0.3) is 0 Å². The molecule has 0 saturated carbocycles. The zero-order valence-electron chi connectivity index (χ0n) is 15.7. The molecule has 1 aliphatic heterocycles. The third-order valence-corrected chi connectivity index (χ3v) is 6.06. The lowest BCUT2D eigenvalue weighted by molar-refractivity contribution is -0.163. The largest absolute Gasteiger partial charge is 0.483 e. The van der Waals surface area contributed by atoms with Crippen molar-refractivity contribution in [3.63, 3.8) is 0 Å². The highest BCUT2D eigenvalue weighted by molar-refractivity contribution is 7.59. The molecule has 2 rings (SSSR count). The maximum absolute atomic E-state index is 12.7. The number of hydrogen-bond donors (Lipinski definition) is 0. The first-order chi connectivity index (χ1) is 13.0. The van der Waals surface area contributed by atoms with Crippen molar-refractivity contribution in [2.45, 2.75) is 50.7 Å². The molecule has 0 aliphatic carbocycles. The van der Waals surface area contributed by atoms with Crippen molar-refractivity contribution >= 4 is 31.9 Å². The Kier molecular flexibility index (Phi) is 7.52. The lowest BCUT2D eigenvalue weighted by Gasteiger charge is -2.28. The second-order valence-electron chi connectivity index (χ2n) is 6.90. The molecule has 4 nitrogen and oxygen atoms in total. The number of dihydropyridines is 1. The maximum Gasteiger partial charge on any atom is 0.422 e. The minimum absolute atomic E-state index is 0.0763. The summed E-state index contributed by atoms with van der Waals surface area (Å²) in [7, 11) is -0.0763. The van der Waals surface area contributed by atoms with Crippen molar-refractivity contribution in [1.29, 1.82) is 0 Å². The Balaban J connectivity index is 1.89. The fourth-order valence-corrected chi connectivity index (χ4v) is 3.84. The van der Waals surface area contributed by atoms with E-state index in [4.69, 9.17) is 16.3 Å². The average molecular weight is 436 g/mol. The summed E-state index contributed by atoms with van der Waals surface area (Å²) < 4.78 is 47.1. The molecule has 3 unspecified atom stereocenters. The van der Waals surface area contributed by atoms with Crippen LogP contribution in [0.15, 0.2) is 41.1 Å². The predicted molar refractivity (Wildman–Crippen MR) is 106 cm³/mol. The molecule has 0 aromatic heterocycles. The van der Waals surface area contributed by atoms with E-state index in [2.05, 4.69) is 9.73 Å². The van der Waals surface area contributed by atoms with E-state index < -0.39 is 18.4 Å². The van der Waals surface area contributed by atoms with Gasteiger partial charge >= 0.3 is 6.18 Å². The van der Waals surface area contributed by atoms with Gasteiger partial charge in [-0.1, -0.05) is 30.7 Å². The van der Waals surface area contributed by atoms with Crippen LogP contribution in [0.25, 0.3) is 0 Å². The molecule has 1 aliphatic rings. The van der Waals surface area contributed by atoms with E-state index in [0.717, 1.165) is 0 Å². The van der Waals surface area contributed by atoms with E-state index in [-0.39, 0.29) is 31.6 Å². The van der Waals surface area contributed by atoms with E-state index in [0.29, 0.717) is 17.2 Å². The highest BCUT2D eigenvalue weighted by atomic mass is 35.5. The Labute approximate surface area is 168 Å². The molecular formula is C19H22ClF3NO3P. The van der Waals surface area contributed by atoms with Crippen LogP contribution in [0.3, 0.4) is 0 Å². The summed E-state index contributed by atoms with van der Waals surface area (Å²) in [5.41, 5.74) is -1.23. The maximum atomic E-state index is 12.7. The van der Waals surface area contributed by atoms with E-state index in [1.807, 2.05) is 6.92 Å². The molecule has 0 saturated heterocycles. The van der Waals surface area contributed by atoms with Crippen LogP contribution in [0.2, 0.25) is 5.02 Å². The molecule has 0 spiro atoms. The average Bonchev–Trinajstić information content (AvgIpc) is 2.61. The van der Waals surface area contributed by atoms with Gasteiger partial charge in [0.1, 0.15) is 11.5 Å². The number of carbonyl (C=O) groups excluding carboxylic acids is 1. The minimum Gasteiger partial charge on any atom is -0.483 e. The van der Waals surface area contributed by atoms with Crippen molar-refractivity contribution in [3.05, 3.63) is 41.1 Å². The fourth-order valence-electron chi connectivity index (χ4n) is 2.44. The second-order valence-corrected chi connectivity index (χ2v) is 8.96. The van der Waals surface area contributed by atoms with Gasteiger partial charge in [-0.3, -0.25) is 9.79 Å². The molecular weight excluding hydrogens is 414 g/mol. The third kappa shape index (κ3) is 6.78. The zero-order valence-corrected chi connectivity index (χ0v) is 17.5. The van der Waals surface area contributed by atoms with E-state index in [1.54, 1.807) is 44.2 Å². The van der Waals surface area contributed by atoms with Gasteiger partial charge in [0, 0.05) is 5.66 Å².